The van der Waals surface area contributed by atoms with Crippen molar-refractivity contribution in [1.82, 2.24) is 15.1 Å². The van der Waals surface area contributed by atoms with E-state index < -0.39 is 0 Å². The van der Waals surface area contributed by atoms with Gasteiger partial charge in [0.1, 0.15) is 6.10 Å². The molecule has 0 spiro atoms. The summed E-state index contributed by atoms with van der Waals surface area (Å²) in [4.78, 5) is 27.7. The van der Waals surface area contributed by atoms with Crippen molar-refractivity contribution in [3.63, 3.8) is 0 Å². The Morgan fingerprint density at radius 3 is 2.83 bits per heavy atom. The zero-order chi connectivity index (χ0) is 20.7. The molecule has 3 unspecified atom stereocenters. The van der Waals surface area contributed by atoms with E-state index >= 15 is 0 Å². The minimum Gasteiger partial charge on any atom is -0.442 e. The SMILES string of the molecule is CC(=O)NC[C@H]1CN(C2C=CC(C34CC3CN(Cc3ccccc3)C4)=CC2)C(=O)O1. The van der Waals surface area contributed by atoms with E-state index in [1.165, 1.54) is 31.0 Å². The minimum absolute atomic E-state index is 0.0407. The second-order valence-electron chi connectivity index (χ2n) is 9.13. The summed E-state index contributed by atoms with van der Waals surface area (Å²) in [5.74, 6) is 0.651. The Hall–Kier alpha value is -2.60. The van der Waals surface area contributed by atoms with Crippen LogP contribution in [0.3, 0.4) is 0 Å². The number of piperidine rings is 1. The van der Waals surface area contributed by atoms with Gasteiger partial charge in [0.15, 0.2) is 0 Å². The monoisotopic (exact) mass is 407 g/mol. The molecule has 30 heavy (non-hydrogen) atoms. The second kappa shape index (κ2) is 7.58. The van der Waals surface area contributed by atoms with Crippen LogP contribution in [0.1, 0.15) is 25.3 Å². The summed E-state index contributed by atoms with van der Waals surface area (Å²) in [6, 6.07) is 10.7. The van der Waals surface area contributed by atoms with Gasteiger partial charge < -0.3 is 10.1 Å². The third kappa shape index (κ3) is 3.65. The van der Waals surface area contributed by atoms with E-state index in [2.05, 4.69) is 58.8 Å². The Bertz CT molecular complexity index is 896. The molecule has 4 atom stereocenters. The van der Waals surface area contributed by atoms with Crippen LogP contribution in [0.4, 0.5) is 4.79 Å². The first kappa shape index (κ1) is 19.4. The summed E-state index contributed by atoms with van der Waals surface area (Å²) in [7, 11) is 0. The topological polar surface area (TPSA) is 61.9 Å². The number of benzene rings is 1. The molecule has 3 fully saturated rings. The predicted molar refractivity (Wildman–Crippen MR) is 114 cm³/mol. The van der Waals surface area contributed by atoms with Crippen LogP contribution >= 0.6 is 0 Å². The molecule has 0 radical (unpaired) electrons. The van der Waals surface area contributed by atoms with Gasteiger partial charge in [-0.05, 0) is 29.9 Å². The van der Waals surface area contributed by atoms with Gasteiger partial charge in [-0.25, -0.2) is 4.79 Å². The quantitative estimate of drug-likeness (QED) is 0.788. The van der Waals surface area contributed by atoms with Crippen LogP contribution in [0.5, 0.6) is 0 Å². The van der Waals surface area contributed by atoms with Gasteiger partial charge in [0.05, 0.1) is 19.1 Å². The van der Waals surface area contributed by atoms with E-state index in [1.807, 2.05) is 0 Å². The van der Waals surface area contributed by atoms with E-state index in [-0.39, 0.29) is 24.1 Å². The van der Waals surface area contributed by atoms with Crippen LogP contribution in [0, 0.1) is 11.3 Å². The molecule has 2 saturated heterocycles. The van der Waals surface area contributed by atoms with Crippen molar-refractivity contribution in [1.29, 1.82) is 0 Å². The molecule has 0 aromatic heterocycles. The van der Waals surface area contributed by atoms with Gasteiger partial charge in [0.2, 0.25) is 5.91 Å². The Morgan fingerprint density at radius 2 is 2.10 bits per heavy atom. The zero-order valence-corrected chi connectivity index (χ0v) is 17.4. The number of nitrogens with one attached hydrogen (secondary N) is 1. The van der Waals surface area contributed by atoms with Crippen molar-refractivity contribution >= 4 is 12.0 Å². The largest absolute Gasteiger partial charge is 0.442 e. The number of nitrogens with zero attached hydrogens (tertiary/aromatic N) is 2. The summed E-state index contributed by atoms with van der Waals surface area (Å²) < 4.78 is 5.41. The van der Waals surface area contributed by atoms with Crippen LogP contribution in [0.25, 0.3) is 0 Å². The number of amides is 2. The van der Waals surface area contributed by atoms with Gasteiger partial charge >= 0.3 is 6.09 Å². The molecule has 1 N–H and O–H groups in total. The maximum Gasteiger partial charge on any atom is 0.410 e. The van der Waals surface area contributed by atoms with E-state index in [4.69, 9.17) is 4.74 Å². The molecule has 1 aromatic carbocycles. The lowest BCUT2D eigenvalue weighted by atomic mass is 9.88. The first-order valence-corrected chi connectivity index (χ1v) is 10.9. The number of allylic oxidation sites excluding steroid dienone is 1. The third-order valence-electron chi connectivity index (χ3n) is 7.00. The van der Waals surface area contributed by atoms with Crippen LogP contribution < -0.4 is 5.32 Å². The number of hydrogen-bond donors (Lipinski definition) is 1. The zero-order valence-electron chi connectivity index (χ0n) is 17.4. The second-order valence-corrected chi connectivity index (χ2v) is 9.13. The average Bonchev–Trinajstić information content (AvgIpc) is 3.11. The lowest BCUT2D eigenvalue weighted by molar-refractivity contribution is -0.119. The molecule has 158 valence electrons. The number of hydrogen-bond acceptors (Lipinski definition) is 4. The molecular weight excluding hydrogens is 378 g/mol. The van der Waals surface area contributed by atoms with Crippen molar-refractivity contribution in [3.8, 4) is 0 Å². The van der Waals surface area contributed by atoms with Crippen LogP contribution in [-0.4, -0.2) is 60.1 Å². The Morgan fingerprint density at radius 1 is 1.27 bits per heavy atom. The highest BCUT2D eigenvalue weighted by atomic mass is 16.6. The standard InChI is InChI=1S/C24H29N3O3/c1-17(28)25-12-22-15-27(23(29)30-22)21-9-7-19(8-10-21)24-11-20(24)14-26(16-24)13-18-5-3-2-4-6-18/h2-9,20-22H,10-16H2,1H3,(H,25,28)/t20?,21?,22-,24?/m0/s1. The lowest BCUT2D eigenvalue weighted by Gasteiger charge is -2.27. The molecule has 6 heteroatoms. The van der Waals surface area contributed by atoms with Gasteiger partial charge in [-0.1, -0.05) is 48.6 Å². The van der Waals surface area contributed by atoms with E-state index in [1.54, 1.807) is 4.90 Å². The number of fused-ring (bicyclic) bond motifs is 1. The molecule has 6 nitrogen and oxygen atoms in total. The van der Waals surface area contributed by atoms with Crippen molar-refractivity contribution in [2.45, 2.75) is 38.5 Å². The van der Waals surface area contributed by atoms with Gasteiger partial charge in [0, 0.05) is 32.0 Å². The van der Waals surface area contributed by atoms with Gasteiger partial charge in [-0.15, -0.1) is 0 Å². The summed E-state index contributed by atoms with van der Waals surface area (Å²) in [6.45, 7) is 5.69. The number of likely N-dealkylation sites (tertiary alicyclic amines) is 1. The van der Waals surface area contributed by atoms with Gasteiger partial charge in [-0.3, -0.25) is 14.6 Å². The Kier molecular flexibility index (Phi) is 4.89. The van der Waals surface area contributed by atoms with Crippen molar-refractivity contribution < 1.29 is 14.3 Å². The molecule has 1 aromatic rings. The molecule has 0 bridgehead atoms. The summed E-state index contributed by atoms with van der Waals surface area (Å²) in [5, 5.41) is 2.73. The highest BCUT2D eigenvalue weighted by molar-refractivity contribution is 5.73. The number of ether oxygens (including phenoxy) is 1. The molecular formula is C24H29N3O3. The van der Waals surface area contributed by atoms with Crippen molar-refractivity contribution in [2.24, 2.45) is 11.3 Å². The number of cyclic esters (lactones) is 1. The molecule has 2 heterocycles. The summed E-state index contributed by atoms with van der Waals surface area (Å²) in [5.41, 5.74) is 3.14. The van der Waals surface area contributed by atoms with Gasteiger partial charge in [0.25, 0.3) is 0 Å². The number of carbonyl (C=O) groups is 2. The maximum absolute atomic E-state index is 12.3. The minimum atomic E-state index is -0.283. The first-order chi connectivity index (χ1) is 14.5. The first-order valence-electron chi connectivity index (χ1n) is 10.9. The molecule has 5 rings (SSSR count). The summed E-state index contributed by atoms with van der Waals surface area (Å²) >= 11 is 0. The van der Waals surface area contributed by atoms with E-state index in [9.17, 15) is 9.59 Å². The van der Waals surface area contributed by atoms with Crippen molar-refractivity contribution in [3.05, 3.63) is 59.7 Å². The van der Waals surface area contributed by atoms with Crippen LogP contribution in [0.15, 0.2) is 54.1 Å². The van der Waals surface area contributed by atoms with Gasteiger partial charge in [-0.2, -0.15) is 0 Å². The fourth-order valence-corrected chi connectivity index (χ4v) is 5.38. The van der Waals surface area contributed by atoms with Crippen LogP contribution in [0.2, 0.25) is 0 Å². The summed E-state index contributed by atoms with van der Waals surface area (Å²) in [6.07, 6.45) is 8.31. The molecule has 1 saturated carbocycles. The Balaban J connectivity index is 1.17. The fraction of sp³-hybridized carbons (Fsp3) is 0.500. The molecule has 2 amide bonds. The van der Waals surface area contributed by atoms with E-state index in [0.717, 1.165) is 25.4 Å². The number of rotatable bonds is 6. The fourth-order valence-electron chi connectivity index (χ4n) is 5.38. The highest BCUT2D eigenvalue weighted by Crippen LogP contribution is 2.63. The smallest absolute Gasteiger partial charge is 0.410 e. The van der Waals surface area contributed by atoms with Crippen molar-refractivity contribution in [2.75, 3.05) is 26.2 Å². The lowest BCUT2D eigenvalue weighted by Crippen LogP contribution is -2.38. The maximum atomic E-state index is 12.3. The molecule has 2 aliphatic carbocycles. The van der Waals surface area contributed by atoms with E-state index in [0.29, 0.717) is 18.5 Å². The van der Waals surface area contributed by atoms with Crippen LogP contribution in [-0.2, 0) is 16.1 Å². The normalized spacial score (nSPS) is 32.6. The third-order valence-corrected chi connectivity index (χ3v) is 7.00. The predicted octanol–water partition coefficient (Wildman–Crippen LogP) is 2.72. The molecule has 2 aliphatic heterocycles. The highest BCUT2D eigenvalue weighted by Gasteiger charge is 2.61. The molecule has 4 aliphatic rings. The Labute approximate surface area is 177 Å². The number of carbonyl (C=O) groups excluding carboxylic acids is 2. The average molecular weight is 408 g/mol.